The van der Waals surface area contributed by atoms with Crippen molar-refractivity contribution in [1.82, 2.24) is 0 Å². The van der Waals surface area contributed by atoms with Crippen molar-refractivity contribution in [2.75, 3.05) is 0 Å². The summed E-state index contributed by atoms with van der Waals surface area (Å²) < 4.78 is 0. The second kappa shape index (κ2) is 7.03. The van der Waals surface area contributed by atoms with Crippen LogP contribution in [-0.4, -0.2) is 11.1 Å². The molecule has 0 bridgehead atoms. The maximum absolute atomic E-state index is 11.1. The van der Waals surface area contributed by atoms with E-state index in [1.807, 2.05) is 0 Å². The largest absolute Gasteiger partial charge is 0.481 e. The van der Waals surface area contributed by atoms with Crippen molar-refractivity contribution in [3.8, 4) is 0 Å². The number of carboxylic acid groups (broad SMARTS) is 1. The minimum atomic E-state index is -0.562. The van der Waals surface area contributed by atoms with E-state index < -0.39 is 5.97 Å². The third-order valence-electron chi connectivity index (χ3n) is 4.36. The summed E-state index contributed by atoms with van der Waals surface area (Å²) >= 11 is 0. The zero-order chi connectivity index (χ0) is 12.7. The Morgan fingerprint density at radius 1 is 1.12 bits per heavy atom. The molecule has 1 N–H and O–H groups in total. The molecule has 100 valence electrons. The zero-order valence-electron chi connectivity index (χ0n) is 11.5. The number of carboxylic acids is 1. The van der Waals surface area contributed by atoms with Gasteiger partial charge >= 0.3 is 5.97 Å². The molecule has 2 heteroatoms. The summed E-state index contributed by atoms with van der Waals surface area (Å²) in [6, 6.07) is 0. The summed E-state index contributed by atoms with van der Waals surface area (Å²) in [6.45, 7) is 4.31. The van der Waals surface area contributed by atoms with Gasteiger partial charge in [-0.2, -0.15) is 0 Å². The Kier molecular flexibility index (Phi) is 6.01. The fraction of sp³-hybridized carbons (Fsp3) is 0.933. The first-order valence-corrected chi connectivity index (χ1v) is 7.37. The average molecular weight is 240 g/mol. The van der Waals surface area contributed by atoms with E-state index in [0.717, 1.165) is 19.3 Å². The molecular weight excluding hydrogens is 212 g/mol. The monoisotopic (exact) mass is 240 g/mol. The highest BCUT2D eigenvalue weighted by molar-refractivity contribution is 5.78. The maximum Gasteiger partial charge on any atom is 0.309 e. The van der Waals surface area contributed by atoms with Crippen LogP contribution < -0.4 is 0 Å². The molecule has 0 saturated heterocycles. The summed E-state index contributed by atoms with van der Waals surface area (Å²) in [4.78, 5) is 11.1. The second-order valence-corrected chi connectivity index (χ2v) is 5.79. The van der Waals surface area contributed by atoms with Gasteiger partial charge in [-0.05, 0) is 18.8 Å². The highest BCUT2D eigenvalue weighted by atomic mass is 16.4. The Labute approximate surface area is 106 Å². The predicted molar refractivity (Wildman–Crippen MR) is 71.1 cm³/mol. The van der Waals surface area contributed by atoms with Gasteiger partial charge in [-0.1, -0.05) is 65.2 Å². The molecule has 2 unspecified atom stereocenters. The van der Waals surface area contributed by atoms with E-state index in [0.29, 0.717) is 5.92 Å². The fourth-order valence-electron chi connectivity index (χ4n) is 2.82. The minimum absolute atomic E-state index is 0.331. The molecule has 0 heterocycles. The maximum atomic E-state index is 11.1. The van der Waals surface area contributed by atoms with Crippen LogP contribution in [0.1, 0.15) is 78.1 Å². The third kappa shape index (κ3) is 4.33. The molecule has 0 radical (unpaired) electrons. The van der Waals surface area contributed by atoms with Gasteiger partial charge in [-0.3, -0.25) is 4.79 Å². The summed E-state index contributed by atoms with van der Waals surface area (Å²) in [6.07, 6.45) is 12.1. The summed E-state index contributed by atoms with van der Waals surface area (Å²) in [5.74, 6) is -0.155. The van der Waals surface area contributed by atoms with Crippen LogP contribution in [0.25, 0.3) is 0 Å². The van der Waals surface area contributed by atoms with E-state index >= 15 is 0 Å². The summed E-state index contributed by atoms with van der Waals surface area (Å²) in [5.41, 5.74) is -0.331. The average Bonchev–Trinajstić information content (AvgIpc) is 2.95. The van der Waals surface area contributed by atoms with E-state index in [2.05, 4.69) is 13.8 Å². The van der Waals surface area contributed by atoms with Gasteiger partial charge < -0.3 is 5.11 Å². The molecule has 1 fully saturated rings. The molecule has 1 aliphatic rings. The van der Waals surface area contributed by atoms with Gasteiger partial charge in [0, 0.05) is 0 Å². The van der Waals surface area contributed by atoms with Crippen LogP contribution in [0.5, 0.6) is 0 Å². The number of unbranched alkanes of at least 4 members (excludes halogenated alkanes) is 7. The molecule has 0 aromatic carbocycles. The summed E-state index contributed by atoms with van der Waals surface area (Å²) in [7, 11) is 0. The number of rotatable bonds is 10. The molecule has 17 heavy (non-hydrogen) atoms. The Morgan fingerprint density at radius 3 is 2.00 bits per heavy atom. The van der Waals surface area contributed by atoms with Gasteiger partial charge in [-0.15, -0.1) is 0 Å². The first-order valence-electron chi connectivity index (χ1n) is 7.37. The predicted octanol–water partition coefficient (Wildman–Crippen LogP) is 4.63. The third-order valence-corrected chi connectivity index (χ3v) is 4.36. The van der Waals surface area contributed by atoms with Crippen LogP contribution in [0.4, 0.5) is 0 Å². The minimum Gasteiger partial charge on any atom is -0.481 e. The van der Waals surface area contributed by atoms with Gasteiger partial charge in [0.1, 0.15) is 0 Å². The molecule has 1 saturated carbocycles. The van der Waals surface area contributed by atoms with Crippen molar-refractivity contribution >= 4 is 5.97 Å². The van der Waals surface area contributed by atoms with Crippen molar-refractivity contribution < 1.29 is 9.90 Å². The lowest BCUT2D eigenvalue weighted by molar-refractivity contribution is -0.144. The van der Waals surface area contributed by atoms with Gasteiger partial charge in [0.05, 0.1) is 5.41 Å². The fourth-order valence-corrected chi connectivity index (χ4v) is 2.82. The van der Waals surface area contributed by atoms with Crippen molar-refractivity contribution in [3.05, 3.63) is 0 Å². The molecule has 0 spiro atoms. The van der Waals surface area contributed by atoms with Gasteiger partial charge in [-0.25, -0.2) is 0 Å². The van der Waals surface area contributed by atoms with E-state index in [9.17, 15) is 9.90 Å². The molecule has 2 nitrogen and oxygen atoms in total. The quantitative estimate of drug-likeness (QED) is 0.565. The lowest BCUT2D eigenvalue weighted by atomic mass is 9.95. The van der Waals surface area contributed by atoms with Crippen LogP contribution >= 0.6 is 0 Å². The Hall–Kier alpha value is -0.530. The number of aliphatic carboxylic acids is 1. The Bertz CT molecular complexity index is 237. The molecule has 0 aromatic rings. The highest BCUT2D eigenvalue weighted by Gasteiger charge is 2.56. The molecule has 0 amide bonds. The van der Waals surface area contributed by atoms with E-state index in [4.69, 9.17) is 0 Å². The van der Waals surface area contributed by atoms with Gasteiger partial charge in [0.25, 0.3) is 0 Å². The van der Waals surface area contributed by atoms with E-state index in [1.54, 1.807) is 0 Å². The van der Waals surface area contributed by atoms with E-state index in [-0.39, 0.29) is 5.41 Å². The van der Waals surface area contributed by atoms with Gasteiger partial charge in [0.15, 0.2) is 0 Å². The Balaban J connectivity index is 1.96. The van der Waals surface area contributed by atoms with Crippen LogP contribution in [0.15, 0.2) is 0 Å². The SMILES string of the molecule is CCCCCCCCCCC1(C(=O)O)CC1C. The van der Waals surface area contributed by atoms with E-state index in [1.165, 1.54) is 44.9 Å². The van der Waals surface area contributed by atoms with Crippen LogP contribution in [0.3, 0.4) is 0 Å². The number of carbonyl (C=O) groups is 1. The molecule has 1 rings (SSSR count). The highest BCUT2D eigenvalue weighted by Crippen LogP contribution is 2.55. The first kappa shape index (κ1) is 14.5. The second-order valence-electron chi connectivity index (χ2n) is 5.79. The lowest BCUT2D eigenvalue weighted by Crippen LogP contribution is -2.16. The summed E-state index contributed by atoms with van der Waals surface area (Å²) in [5, 5.41) is 9.17. The first-order chi connectivity index (χ1) is 8.13. The van der Waals surface area contributed by atoms with Crippen molar-refractivity contribution in [2.24, 2.45) is 11.3 Å². The van der Waals surface area contributed by atoms with Crippen molar-refractivity contribution in [1.29, 1.82) is 0 Å². The smallest absolute Gasteiger partial charge is 0.309 e. The molecular formula is C15H28O2. The van der Waals surface area contributed by atoms with Crippen LogP contribution in [-0.2, 0) is 4.79 Å². The normalized spacial score (nSPS) is 27.1. The molecule has 1 aliphatic carbocycles. The Morgan fingerprint density at radius 2 is 1.59 bits per heavy atom. The zero-order valence-corrected chi connectivity index (χ0v) is 11.5. The molecule has 0 aromatic heterocycles. The van der Waals surface area contributed by atoms with Crippen molar-refractivity contribution in [3.63, 3.8) is 0 Å². The number of hydrogen-bond donors (Lipinski definition) is 1. The standard InChI is InChI=1S/C15H28O2/c1-3-4-5-6-7-8-9-10-11-15(14(16)17)12-13(15)2/h13H,3-12H2,1-2H3,(H,16,17). The van der Waals surface area contributed by atoms with Crippen molar-refractivity contribution in [2.45, 2.75) is 78.1 Å². The van der Waals surface area contributed by atoms with Crippen LogP contribution in [0.2, 0.25) is 0 Å². The molecule has 0 aliphatic heterocycles. The lowest BCUT2D eigenvalue weighted by Gasteiger charge is -2.10. The molecule has 2 atom stereocenters. The van der Waals surface area contributed by atoms with Gasteiger partial charge in [0.2, 0.25) is 0 Å². The number of hydrogen-bond acceptors (Lipinski definition) is 1. The topological polar surface area (TPSA) is 37.3 Å². The van der Waals surface area contributed by atoms with Crippen LogP contribution in [0, 0.1) is 11.3 Å².